The van der Waals surface area contributed by atoms with E-state index in [0.29, 0.717) is 6.04 Å². The van der Waals surface area contributed by atoms with Crippen LogP contribution in [0.4, 0.5) is 5.69 Å². The highest BCUT2D eigenvalue weighted by Gasteiger charge is 2.29. The molecule has 1 aromatic rings. The fraction of sp³-hybridized carbons (Fsp3) is 0.571. The van der Waals surface area contributed by atoms with E-state index in [0.717, 1.165) is 34.9 Å². The number of anilines is 1. The van der Waals surface area contributed by atoms with Crippen LogP contribution in [0.3, 0.4) is 0 Å². The maximum atomic E-state index is 6.17. The lowest BCUT2D eigenvalue weighted by Gasteiger charge is -2.31. The Hall–Kier alpha value is -0.930. The van der Waals surface area contributed by atoms with E-state index in [1.165, 1.54) is 6.42 Å². The number of hydrogen-bond donors (Lipinski definition) is 1. The van der Waals surface area contributed by atoms with Crippen molar-refractivity contribution in [2.24, 2.45) is 5.73 Å². The van der Waals surface area contributed by atoms with Crippen molar-refractivity contribution in [3.63, 3.8) is 0 Å². The summed E-state index contributed by atoms with van der Waals surface area (Å²) in [6.07, 6.45) is 3.42. The van der Waals surface area contributed by atoms with Gasteiger partial charge < -0.3 is 15.4 Å². The zero-order valence-electron chi connectivity index (χ0n) is 11.2. The van der Waals surface area contributed by atoms with Crippen molar-refractivity contribution in [3.8, 4) is 5.75 Å². The van der Waals surface area contributed by atoms with Gasteiger partial charge in [0.1, 0.15) is 5.75 Å². The number of likely N-dealkylation sites (N-methyl/N-ethyl adjacent to an activating group) is 1. The van der Waals surface area contributed by atoms with E-state index in [4.69, 9.17) is 22.1 Å². The number of rotatable bonds is 3. The monoisotopic (exact) mass is 268 g/mol. The maximum absolute atomic E-state index is 6.17. The van der Waals surface area contributed by atoms with Crippen LogP contribution in [0, 0.1) is 6.92 Å². The third-order valence-electron chi connectivity index (χ3n) is 3.83. The van der Waals surface area contributed by atoms with Gasteiger partial charge in [-0.3, -0.25) is 0 Å². The van der Waals surface area contributed by atoms with Gasteiger partial charge in [-0.1, -0.05) is 11.6 Å². The molecule has 0 saturated heterocycles. The average Bonchev–Trinajstić information content (AvgIpc) is 2.73. The SMILES string of the molecule is COc1c(C)cc(Cl)cc1N(C)C1CCCC1N. The molecule has 1 aromatic carbocycles. The number of nitrogens with two attached hydrogens (primary N) is 1. The molecule has 0 spiro atoms. The summed E-state index contributed by atoms with van der Waals surface area (Å²) < 4.78 is 5.51. The summed E-state index contributed by atoms with van der Waals surface area (Å²) in [5, 5.41) is 0.738. The van der Waals surface area contributed by atoms with Crippen molar-refractivity contribution in [3.05, 3.63) is 22.7 Å². The van der Waals surface area contributed by atoms with Crippen LogP contribution in [-0.2, 0) is 0 Å². The van der Waals surface area contributed by atoms with Crippen LogP contribution in [-0.4, -0.2) is 26.2 Å². The van der Waals surface area contributed by atoms with Gasteiger partial charge in [0.05, 0.1) is 12.8 Å². The molecule has 2 atom stereocenters. The lowest BCUT2D eigenvalue weighted by atomic mass is 10.1. The van der Waals surface area contributed by atoms with Crippen LogP contribution in [0.1, 0.15) is 24.8 Å². The van der Waals surface area contributed by atoms with Crippen LogP contribution in [0.15, 0.2) is 12.1 Å². The Morgan fingerprint density at radius 2 is 2.11 bits per heavy atom. The Morgan fingerprint density at radius 1 is 1.39 bits per heavy atom. The predicted octanol–water partition coefficient (Wildman–Crippen LogP) is 2.97. The second-order valence-electron chi connectivity index (χ2n) is 5.05. The molecule has 2 N–H and O–H groups in total. The number of halogens is 1. The maximum Gasteiger partial charge on any atom is 0.145 e. The molecule has 1 saturated carbocycles. The zero-order valence-corrected chi connectivity index (χ0v) is 12.0. The van der Waals surface area contributed by atoms with Gasteiger partial charge >= 0.3 is 0 Å². The van der Waals surface area contributed by atoms with E-state index in [9.17, 15) is 0 Å². The van der Waals surface area contributed by atoms with Crippen molar-refractivity contribution in [1.29, 1.82) is 0 Å². The van der Waals surface area contributed by atoms with E-state index >= 15 is 0 Å². The lowest BCUT2D eigenvalue weighted by molar-refractivity contribution is 0.409. The number of aryl methyl sites for hydroxylation is 1. The smallest absolute Gasteiger partial charge is 0.145 e. The fourth-order valence-electron chi connectivity index (χ4n) is 2.87. The van der Waals surface area contributed by atoms with Crippen LogP contribution in [0.25, 0.3) is 0 Å². The molecule has 2 rings (SSSR count). The van der Waals surface area contributed by atoms with Gasteiger partial charge in [0.15, 0.2) is 0 Å². The van der Waals surface area contributed by atoms with Crippen LogP contribution >= 0.6 is 11.6 Å². The molecule has 0 heterocycles. The molecule has 0 aliphatic heterocycles. The highest BCUT2D eigenvalue weighted by atomic mass is 35.5. The van der Waals surface area contributed by atoms with E-state index in [2.05, 4.69) is 11.9 Å². The van der Waals surface area contributed by atoms with E-state index in [-0.39, 0.29) is 6.04 Å². The van der Waals surface area contributed by atoms with Gasteiger partial charge in [-0.2, -0.15) is 0 Å². The van der Waals surface area contributed by atoms with Crippen molar-refractivity contribution in [2.75, 3.05) is 19.1 Å². The quantitative estimate of drug-likeness (QED) is 0.916. The van der Waals surface area contributed by atoms with Crippen molar-refractivity contribution in [1.82, 2.24) is 0 Å². The van der Waals surface area contributed by atoms with Gasteiger partial charge in [-0.25, -0.2) is 0 Å². The molecule has 18 heavy (non-hydrogen) atoms. The molecule has 0 amide bonds. The number of benzene rings is 1. The highest BCUT2D eigenvalue weighted by molar-refractivity contribution is 6.31. The number of hydrogen-bond acceptors (Lipinski definition) is 3. The molecular formula is C14H21ClN2O. The second kappa shape index (κ2) is 5.37. The number of nitrogens with zero attached hydrogens (tertiary/aromatic N) is 1. The molecule has 2 unspecified atom stereocenters. The molecule has 0 aromatic heterocycles. The Labute approximate surface area is 114 Å². The summed E-state index contributed by atoms with van der Waals surface area (Å²) >= 11 is 6.15. The van der Waals surface area contributed by atoms with Gasteiger partial charge in [-0.05, 0) is 43.9 Å². The largest absolute Gasteiger partial charge is 0.494 e. The first-order chi connectivity index (χ1) is 8.54. The lowest BCUT2D eigenvalue weighted by Crippen LogP contribution is -2.42. The molecular weight excluding hydrogens is 248 g/mol. The average molecular weight is 269 g/mol. The zero-order chi connectivity index (χ0) is 13.3. The molecule has 1 aliphatic carbocycles. The fourth-order valence-corrected chi connectivity index (χ4v) is 3.14. The first-order valence-corrected chi connectivity index (χ1v) is 6.75. The minimum absolute atomic E-state index is 0.235. The minimum atomic E-state index is 0.235. The first-order valence-electron chi connectivity index (χ1n) is 6.37. The Bertz CT molecular complexity index is 436. The Kier molecular flexibility index (Phi) is 4.03. The van der Waals surface area contributed by atoms with E-state index in [1.807, 2.05) is 19.1 Å². The predicted molar refractivity (Wildman–Crippen MR) is 76.8 cm³/mol. The molecule has 1 aliphatic rings. The topological polar surface area (TPSA) is 38.5 Å². The van der Waals surface area contributed by atoms with Gasteiger partial charge in [0.25, 0.3) is 0 Å². The summed E-state index contributed by atoms with van der Waals surface area (Å²) in [7, 11) is 3.77. The number of methoxy groups -OCH3 is 1. The third kappa shape index (κ3) is 2.43. The van der Waals surface area contributed by atoms with Crippen LogP contribution in [0.5, 0.6) is 5.75 Å². The van der Waals surface area contributed by atoms with Gasteiger partial charge in [-0.15, -0.1) is 0 Å². The normalized spacial score (nSPS) is 23.2. The highest BCUT2D eigenvalue weighted by Crippen LogP contribution is 2.37. The number of ether oxygens (including phenoxy) is 1. The molecule has 100 valence electrons. The molecule has 0 radical (unpaired) electrons. The van der Waals surface area contributed by atoms with E-state index in [1.54, 1.807) is 7.11 Å². The van der Waals surface area contributed by atoms with Gasteiger partial charge in [0.2, 0.25) is 0 Å². The van der Waals surface area contributed by atoms with Crippen molar-refractivity contribution in [2.45, 2.75) is 38.3 Å². The van der Waals surface area contributed by atoms with Crippen LogP contribution in [0.2, 0.25) is 5.02 Å². The molecule has 4 heteroatoms. The second-order valence-corrected chi connectivity index (χ2v) is 5.48. The summed E-state index contributed by atoms with van der Waals surface area (Å²) in [6.45, 7) is 2.01. The minimum Gasteiger partial charge on any atom is -0.494 e. The van der Waals surface area contributed by atoms with Crippen molar-refractivity contribution >= 4 is 17.3 Å². The molecule has 3 nitrogen and oxygen atoms in total. The first kappa shape index (κ1) is 13.5. The summed E-state index contributed by atoms with van der Waals surface area (Å²) in [5.41, 5.74) is 8.26. The van der Waals surface area contributed by atoms with E-state index < -0.39 is 0 Å². The Morgan fingerprint density at radius 3 is 2.67 bits per heavy atom. The standard InChI is InChI=1S/C14H21ClN2O/c1-9-7-10(15)8-13(14(9)18-3)17(2)12-6-4-5-11(12)16/h7-8,11-12H,4-6,16H2,1-3H3. The molecule has 0 bridgehead atoms. The van der Waals surface area contributed by atoms with Crippen molar-refractivity contribution < 1.29 is 4.74 Å². The summed E-state index contributed by atoms with van der Waals surface area (Å²) in [4.78, 5) is 2.22. The summed E-state index contributed by atoms with van der Waals surface area (Å²) in [6, 6.07) is 4.49. The summed E-state index contributed by atoms with van der Waals surface area (Å²) in [5.74, 6) is 0.890. The van der Waals surface area contributed by atoms with Gasteiger partial charge in [0, 0.05) is 24.2 Å². The molecule has 1 fully saturated rings. The third-order valence-corrected chi connectivity index (χ3v) is 4.05. The Balaban J connectivity index is 2.37. The van der Waals surface area contributed by atoms with Crippen LogP contribution < -0.4 is 15.4 Å².